The summed E-state index contributed by atoms with van der Waals surface area (Å²) in [5, 5.41) is 7.05. The van der Waals surface area contributed by atoms with Gasteiger partial charge in [-0.05, 0) is 62.1 Å². The molecular formula is C26H30F3N5O4. The molecule has 0 saturated heterocycles. The molecule has 1 heterocycles. The minimum absolute atomic E-state index is 0.0198. The average molecular weight is 534 g/mol. The lowest BCUT2D eigenvalue weighted by Gasteiger charge is -2.29. The van der Waals surface area contributed by atoms with Gasteiger partial charge in [0.1, 0.15) is 11.6 Å². The molecule has 3 aliphatic carbocycles. The van der Waals surface area contributed by atoms with Gasteiger partial charge in [0.15, 0.2) is 11.5 Å². The molecule has 38 heavy (non-hydrogen) atoms. The number of alkyl halides is 3. The molecule has 2 unspecified atom stereocenters. The number of nitrogens with zero attached hydrogens (tertiary/aromatic N) is 2. The molecule has 2 fully saturated rings. The van der Waals surface area contributed by atoms with Crippen molar-refractivity contribution in [3.63, 3.8) is 0 Å². The highest BCUT2D eigenvalue weighted by molar-refractivity contribution is 6.00. The number of fused-ring (bicyclic) bond motifs is 1. The standard InChI is InChI=1S/C26H30F3N5O4/c1-24(2)11-17-20(18(35)12-24)21(26(27,28)29)33-34(17)13-6-7-14(22(30)36)16(10-13)32-15-4-3-5-19(15)38-23(37)25(31)8-9-25/h6-7,10,15,19,32H,3-5,8-9,11-12,31H2,1-2H3,(H2,30,36). The van der Waals surface area contributed by atoms with E-state index in [-0.39, 0.29) is 41.5 Å². The van der Waals surface area contributed by atoms with Crippen LogP contribution in [0.3, 0.4) is 0 Å². The van der Waals surface area contributed by atoms with E-state index in [1.54, 1.807) is 0 Å². The largest absolute Gasteiger partial charge is 0.459 e. The van der Waals surface area contributed by atoms with Crippen LogP contribution in [0.25, 0.3) is 5.69 Å². The normalized spacial score (nSPS) is 23.6. The summed E-state index contributed by atoms with van der Waals surface area (Å²) in [6.07, 6.45) is -1.98. The number of Topliss-reactive ketones (excluding diaryl/α,β-unsaturated/α-hetero) is 1. The fraction of sp³-hybridized carbons (Fsp3) is 0.538. The maximum atomic E-state index is 13.9. The van der Waals surface area contributed by atoms with Crippen LogP contribution in [0.1, 0.15) is 84.5 Å². The lowest BCUT2D eigenvalue weighted by atomic mass is 9.75. The van der Waals surface area contributed by atoms with Crippen LogP contribution < -0.4 is 16.8 Å². The van der Waals surface area contributed by atoms with E-state index in [4.69, 9.17) is 16.2 Å². The number of nitrogens with two attached hydrogens (primary N) is 2. The topological polar surface area (TPSA) is 142 Å². The van der Waals surface area contributed by atoms with Crippen LogP contribution in [0.2, 0.25) is 0 Å². The zero-order valence-corrected chi connectivity index (χ0v) is 21.2. The summed E-state index contributed by atoms with van der Waals surface area (Å²) in [5.41, 5.74) is 9.22. The molecule has 0 radical (unpaired) electrons. The van der Waals surface area contributed by atoms with Crippen molar-refractivity contribution in [2.24, 2.45) is 16.9 Å². The van der Waals surface area contributed by atoms with Gasteiger partial charge in [-0.15, -0.1) is 0 Å². The summed E-state index contributed by atoms with van der Waals surface area (Å²) in [5.74, 6) is -1.81. The maximum absolute atomic E-state index is 13.9. The van der Waals surface area contributed by atoms with Crippen molar-refractivity contribution < 1.29 is 32.3 Å². The zero-order valence-electron chi connectivity index (χ0n) is 21.2. The summed E-state index contributed by atoms with van der Waals surface area (Å²) in [6.45, 7) is 3.63. The quantitative estimate of drug-likeness (QED) is 0.482. The third kappa shape index (κ3) is 4.77. The first-order valence-electron chi connectivity index (χ1n) is 12.6. The number of amides is 1. The molecule has 0 aliphatic heterocycles. The smallest absolute Gasteiger partial charge is 0.435 e. The monoisotopic (exact) mass is 533 g/mol. The van der Waals surface area contributed by atoms with Gasteiger partial charge < -0.3 is 21.5 Å². The van der Waals surface area contributed by atoms with Gasteiger partial charge in [-0.25, -0.2) is 4.68 Å². The average Bonchev–Trinajstić information content (AvgIpc) is 3.22. The Morgan fingerprint density at radius 1 is 1.18 bits per heavy atom. The van der Waals surface area contributed by atoms with Crippen LogP contribution in [-0.2, 0) is 22.1 Å². The number of carbonyl (C=O) groups is 3. The fourth-order valence-electron chi connectivity index (χ4n) is 5.38. The molecule has 3 aliphatic rings. The van der Waals surface area contributed by atoms with Crippen molar-refractivity contribution in [2.75, 3.05) is 5.32 Å². The van der Waals surface area contributed by atoms with E-state index in [9.17, 15) is 27.6 Å². The number of rotatable bonds is 6. The Morgan fingerprint density at radius 2 is 1.89 bits per heavy atom. The maximum Gasteiger partial charge on any atom is 0.435 e. The van der Waals surface area contributed by atoms with Gasteiger partial charge in [0.05, 0.1) is 28.6 Å². The summed E-state index contributed by atoms with van der Waals surface area (Å²) in [4.78, 5) is 37.4. The SMILES string of the molecule is CC1(C)CC(=O)c2c(C(F)(F)F)nn(-c3ccc(C(N)=O)c(NC4CCCC4OC(=O)C4(N)CC4)c3)c2C1. The number of anilines is 1. The van der Waals surface area contributed by atoms with Crippen molar-refractivity contribution >= 4 is 23.3 Å². The van der Waals surface area contributed by atoms with Gasteiger partial charge in [-0.1, -0.05) is 13.8 Å². The van der Waals surface area contributed by atoms with Crippen LogP contribution in [0.4, 0.5) is 18.9 Å². The van der Waals surface area contributed by atoms with Crippen molar-refractivity contribution in [1.82, 2.24) is 9.78 Å². The van der Waals surface area contributed by atoms with Crippen molar-refractivity contribution in [2.45, 2.75) is 82.7 Å². The Labute approximate surface area is 217 Å². The first kappa shape index (κ1) is 26.2. The highest BCUT2D eigenvalue weighted by Gasteiger charge is 2.49. The number of primary amides is 1. The Balaban J connectivity index is 1.52. The molecule has 2 aromatic rings. The molecule has 0 bridgehead atoms. The molecular weight excluding hydrogens is 503 g/mol. The summed E-state index contributed by atoms with van der Waals surface area (Å²) in [7, 11) is 0. The Hall–Kier alpha value is -3.41. The van der Waals surface area contributed by atoms with E-state index in [1.165, 1.54) is 18.2 Å². The lowest BCUT2D eigenvalue weighted by molar-refractivity contribution is -0.152. The number of ether oxygens (including phenoxy) is 1. The molecule has 0 spiro atoms. The molecule has 2 saturated carbocycles. The van der Waals surface area contributed by atoms with Crippen molar-refractivity contribution in [3.05, 3.63) is 40.7 Å². The Bertz CT molecular complexity index is 1330. The van der Waals surface area contributed by atoms with E-state index in [2.05, 4.69) is 10.4 Å². The highest BCUT2D eigenvalue weighted by Crippen LogP contribution is 2.42. The molecule has 5 N–H and O–H groups in total. The first-order valence-corrected chi connectivity index (χ1v) is 12.6. The molecule has 204 valence electrons. The van der Waals surface area contributed by atoms with Gasteiger partial charge in [-0.3, -0.25) is 14.4 Å². The van der Waals surface area contributed by atoms with Crippen LogP contribution in [0, 0.1) is 5.41 Å². The van der Waals surface area contributed by atoms with E-state index in [0.717, 1.165) is 11.1 Å². The highest BCUT2D eigenvalue weighted by atomic mass is 19.4. The molecule has 9 nitrogen and oxygen atoms in total. The predicted molar refractivity (Wildman–Crippen MR) is 131 cm³/mol. The minimum Gasteiger partial charge on any atom is -0.459 e. The number of hydrogen-bond donors (Lipinski definition) is 3. The summed E-state index contributed by atoms with van der Waals surface area (Å²) < 4.78 is 48.4. The minimum atomic E-state index is -4.82. The fourth-order valence-corrected chi connectivity index (χ4v) is 5.38. The van der Waals surface area contributed by atoms with Crippen LogP contribution in [0.5, 0.6) is 0 Å². The van der Waals surface area contributed by atoms with Crippen LogP contribution in [-0.4, -0.2) is 45.1 Å². The van der Waals surface area contributed by atoms with E-state index < -0.39 is 52.2 Å². The molecule has 2 atom stereocenters. The number of ketones is 1. The van der Waals surface area contributed by atoms with Gasteiger partial charge in [0, 0.05) is 12.1 Å². The number of halogens is 3. The molecule has 5 rings (SSSR count). The van der Waals surface area contributed by atoms with Crippen LogP contribution >= 0.6 is 0 Å². The van der Waals surface area contributed by atoms with Gasteiger partial charge in [-0.2, -0.15) is 18.3 Å². The lowest BCUT2D eigenvalue weighted by Crippen LogP contribution is -2.41. The first-order chi connectivity index (χ1) is 17.7. The van der Waals surface area contributed by atoms with Gasteiger partial charge in [0.2, 0.25) is 0 Å². The number of aromatic nitrogens is 2. The Kier molecular flexibility index (Phi) is 6.08. The third-order valence-corrected chi connectivity index (χ3v) is 7.57. The molecule has 1 aromatic carbocycles. The summed E-state index contributed by atoms with van der Waals surface area (Å²) in [6, 6.07) is 3.99. The number of benzene rings is 1. The third-order valence-electron chi connectivity index (χ3n) is 7.57. The van der Waals surface area contributed by atoms with E-state index in [1.807, 2.05) is 13.8 Å². The number of nitrogens with one attached hydrogen (secondary N) is 1. The summed E-state index contributed by atoms with van der Waals surface area (Å²) >= 11 is 0. The van der Waals surface area contributed by atoms with Crippen molar-refractivity contribution in [1.29, 1.82) is 0 Å². The van der Waals surface area contributed by atoms with Gasteiger partial charge in [0.25, 0.3) is 5.91 Å². The second kappa shape index (κ2) is 8.82. The molecule has 1 amide bonds. The van der Waals surface area contributed by atoms with Gasteiger partial charge >= 0.3 is 12.1 Å². The van der Waals surface area contributed by atoms with E-state index >= 15 is 0 Å². The zero-order chi connectivity index (χ0) is 27.6. The number of hydrogen-bond acceptors (Lipinski definition) is 7. The predicted octanol–water partition coefficient (Wildman–Crippen LogP) is 3.51. The second-order valence-corrected chi connectivity index (χ2v) is 11.4. The number of carbonyl (C=O) groups excluding carboxylic acids is 3. The Morgan fingerprint density at radius 3 is 2.53 bits per heavy atom. The van der Waals surface area contributed by atoms with Crippen molar-refractivity contribution in [3.8, 4) is 5.69 Å². The van der Waals surface area contributed by atoms with Crippen LogP contribution in [0.15, 0.2) is 18.2 Å². The molecule has 12 heteroatoms. The van der Waals surface area contributed by atoms with E-state index in [0.29, 0.717) is 25.7 Å². The number of esters is 1. The molecule has 1 aromatic heterocycles. The second-order valence-electron chi connectivity index (χ2n) is 11.4.